The number of ether oxygens (including phenoxy) is 1. The number of nitrogens with zero attached hydrogens (tertiary/aromatic N) is 1. The van der Waals surface area contributed by atoms with Crippen LogP contribution in [0.3, 0.4) is 0 Å². The molecule has 0 unspecified atom stereocenters. The van der Waals surface area contributed by atoms with Crippen LogP contribution in [0.4, 0.5) is 5.69 Å². The molecule has 1 heterocycles. The van der Waals surface area contributed by atoms with Crippen LogP contribution in [0, 0.1) is 0 Å². The molecule has 0 aliphatic carbocycles. The van der Waals surface area contributed by atoms with E-state index in [4.69, 9.17) is 33.7 Å². The van der Waals surface area contributed by atoms with E-state index < -0.39 is 0 Å². The van der Waals surface area contributed by atoms with E-state index in [2.05, 4.69) is 10.2 Å². The van der Waals surface area contributed by atoms with Crippen LogP contribution in [-0.2, 0) is 0 Å². The molecule has 1 amide bonds. The molecular formula is C20H23Cl2N3O2. The molecule has 0 radical (unpaired) electrons. The van der Waals surface area contributed by atoms with E-state index in [1.54, 1.807) is 36.4 Å². The Bertz CT molecular complexity index is 793. The van der Waals surface area contributed by atoms with Gasteiger partial charge in [0.1, 0.15) is 11.9 Å². The third-order valence-electron chi connectivity index (χ3n) is 4.59. The summed E-state index contributed by atoms with van der Waals surface area (Å²) in [5.41, 5.74) is 6.89. The quantitative estimate of drug-likeness (QED) is 0.713. The van der Waals surface area contributed by atoms with Crippen LogP contribution >= 0.6 is 23.2 Å². The Morgan fingerprint density at radius 2 is 1.93 bits per heavy atom. The number of hydrogen-bond donors (Lipinski definition) is 2. The van der Waals surface area contributed by atoms with Crippen molar-refractivity contribution >= 4 is 34.8 Å². The highest BCUT2D eigenvalue weighted by Gasteiger charge is 2.20. The SMILES string of the molecule is Nc1cccc(C(=O)NCCN2CCC(Oc3ccc(Cl)c(Cl)c3)CC2)c1. The molecule has 1 saturated heterocycles. The van der Waals surface area contributed by atoms with Crippen LogP contribution < -0.4 is 15.8 Å². The molecule has 2 aromatic rings. The highest BCUT2D eigenvalue weighted by Crippen LogP contribution is 2.28. The Labute approximate surface area is 169 Å². The fourth-order valence-electron chi connectivity index (χ4n) is 3.10. The van der Waals surface area contributed by atoms with Crippen LogP contribution in [0.25, 0.3) is 0 Å². The normalized spacial score (nSPS) is 15.5. The van der Waals surface area contributed by atoms with Gasteiger partial charge in [0, 0.05) is 43.5 Å². The van der Waals surface area contributed by atoms with Gasteiger partial charge in [-0.15, -0.1) is 0 Å². The third kappa shape index (κ3) is 5.76. The number of amides is 1. The van der Waals surface area contributed by atoms with Crippen molar-refractivity contribution in [2.24, 2.45) is 0 Å². The van der Waals surface area contributed by atoms with Crippen molar-refractivity contribution in [2.45, 2.75) is 18.9 Å². The molecule has 1 aliphatic rings. The first-order valence-electron chi connectivity index (χ1n) is 8.99. The van der Waals surface area contributed by atoms with Crippen molar-refractivity contribution < 1.29 is 9.53 Å². The first kappa shape index (κ1) is 19.8. The summed E-state index contributed by atoms with van der Waals surface area (Å²) in [4.78, 5) is 14.4. The van der Waals surface area contributed by atoms with Crippen LogP contribution in [0.15, 0.2) is 42.5 Å². The summed E-state index contributed by atoms with van der Waals surface area (Å²) < 4.78 is 6.00. The lowest BCUT2D eigenvalue weighted by Crippen LogP contribution is -2.42. The topological polar surface area (TPSA) is 67.6 Å². The summed E-state index contributed by atoms with van der Waals surface area (Å²) in [5, 5.41) is 3.97. The van der Waals surface area contributed by atoms with E-state index in [1.807, 2.05) is 6.07 Å². The number of likely N-dealkylation sites (tertiary alicyclic amines) is 1. The second-order valence-corrected chi connectivity index (χ2v) is 7.43. The highest BCUT2D eigenvalue weighted by atomic mass is 35.5. The maximum Gasteiger partial charge on any atom is 0.251 e. The summed E-state index contributed by atoms with van der Waals surface area (Å²) in [7, 11) is 0. The molecule has 5 nitrogen and oxygen atoms in total. The molecule has 3 rings (SSSR count). The number of carbonyl (C=O) groups excluding carboxylic acids is 1. The van der Waals surface area contributed by atoms with E-state index in [-0.39, 0.29) is 12.0 Å². The van der Waals surface area contributed by atoms with Gasteiger partial charge >= 0.3 is 0 Å². The molecule has 1 aliphatic heterocycles. The molecule has 0 saturated carbocycles. The number of piperidine rings is 1. The van der Waals surface area contributed by atoms with E-state index in [1.165, 1.54) is 0 Å². The number of nitrogens with two attached hydrogens (primary N) is 1. The lowest BCUT2D eigenvalue weighted by molar-refractivity contribution is 0.0905. The molecule has 2 aromatic carbocycles. The Morgan fingerprint density at radius 3 is 2.63 bits per heavy atom. The van der Waals surface area contributed by atoms with Crippen LogP contribution in [0.2, 0.25) is 10.0 Å². The first-order valence-corrected chi connectivity index (χ1v) is 9.74. The maximum absolute atomic E-state index is 12.1. The Balaban J connectivity index is 1.38. The van der Waals surface area contributed by atoms with Gasteiger partial charge in [-0.3, -0.25) is 4.79 Å². The minimum absolute atomic E-state index is 0.0971. The van der Waals surface area contributed by atoms with Gasteiger partial charge in [0.15, 0.2) is 0 Å². The Kier molecular flexibility index (Phi) is 6.83. The van der Waals surface area contributed by atoms with Crippen molar-refractivity contribution in [1.82, 2.24) is 10.2 Å². The lowest BCUT2D eigenvalue weighted by atomic mass is 10.1. The number of carbonyl (C=O) groups is 1. The number of hydrogen-bond acceptors (Lipinski definition) is 4. The fraction of sp³-hybridized carbons (Fsp3) is 0.350. The largest absolute Gasteiger partial charge is 0.490 e. The van der Waals surface area contributed by atoms with E-state index in [9.17, 15) is 4.79 Å². The minimum Gasteiger partial charge on any atom is -0.490 e. The van der Waals surface area contributed by atoms with E-state index >= 15 is 0 Å². The standard InChI is InChI=1S/C20H23Cl2N3O2/c21-18-5-4-17(13-19(18)22)27-16-6-9-25(10-7-16)11-8-24-20(26)14-2-1-3-15(23)12-14/h1-5,12-13,16H,6-11,23H2,(H,24,26). The van der Waals surface area contributed by atoms with Crippen LogP contribution in [0.5, 0.6) is 5.75 Å². The molecule has 0 spiro atoms. The maximum atomic E-state index is 12.1. The van der Waals surface area contributed by atoms with Crippen molar-refractivity contribution in [3.05, 3.63) is 58.1 Å². The number of anilines is 1. The van der Waals surface area contributed by atoms with E-state index in [0.29, 0.717) is 27.8 Å². The van der Waals surface area contributed by atoms with Gasteiger partial charge in [-0.05, 0) is 43.2 Å². The molecule has 1 fully saturated rings. The van der Waals surface area contributed by atoms with Crippen molar-refractivity contribution in [1.29, 1.82) is 0 Å². The summed E-state index contributed by atoms with van der Waals surface area (Å²) in [6, 6.07) is 12.3. The molecule has 7 heteroatoms. The van der Waals surface area contributed by atoms with Crippen molar-refractivity contribution in [3.63, 3.8) is 0 Å². The summed E-state index contributed by atoms with van der Waals surface area (Å²) in [5.74, 6) is 0.650. The second-order valence-electron chi connectivity index (χ2n) is 6.62. The number of rotatable bonds is 6. The van der Waals surface area contributed by atoms with Crippen molar-refractivity contribution in [3.8, 4) is 5.75 Å². The van der Waals surface area contributed by atoms with E-state index in [0.717, 1.165) is 38.2 Å². The number of nitrogen functional groups attached to an aromatic ring is 1. The number of halogens is 2. The lowest BCUT2D eigenvalue weighted by Gasteiger charge is -2.32. The molecular weight excluding hydrogens is 385 g/mol. The molecule has 0 aromatic heterocycles. The summed E-state index contributed by atoms with van der Waals surface area (Å²) in [6.45, 7) is 3.28. The van der Waals surface area contributed by atoms with Gasteiger partial charge in [0.05, 0.1) is 10.0 Å². The molecule has 27 heavy (non-hydrogen) atoms. The molecule has 144 valence electrons. The van der Waals surface area contributed by atoms with Gasteiger partial charge in [-0.1, -0.05) is 29.3 Å². The third-order valence-corrected chi connectivity index (χ3v) is 5.33. The summed E-state index contributed by atoms with van der Waals surface area (Å²) >= 11 is 12.0. The minimum atomic E-state index is -0.0971. The fourth-order valence-corrected chi connectivity index (χ4v) is 3.39. The number of nitrogens with one attached hydrogen (secondary N) is 1. The smallest absolute Gasteiger partial charge is 0.251 e. The zero-order chi connectivity index (χ0) is 19.2. The monoisotopic (exact) mass is 407 g/mol. The first-order chi connectivity index (χ1) is 13.0. The van der Waals surface area contributed by atoms with Gasteiger partial charge < -0.3 is 20.7 Å². The average molecular weight is 408 g/mol. The zero-order valence-electron chi connectivity index (χ0n) is 15.0. The highest BCUT2D eigenvalue weighted by molar-refractivity contribution is 6.42. The zero-order valence-corrected chi connectivity index (χ0v) is 16.5. The van der Waals surface area contributed by atoms with Gasteiger partial charge in [-0.2, -0.15) is 0 Å². The second kappa shape index (κ2) is 9.31. The van der Waals surface area contributed by atoms with Crippen LogP contribution in [0.1, 0.15) is 23.2 Å². The average Bonchev–Trinajstić information content (AvgIpc) is 2.66. The van der Waals surface area contributed by atoms with Gasteiger partial charge in [0.25, 0.3) is 5.91 Å². The summed E-state index contributed by atoms with van der Waals surface area (Å²) in [6.07, 6.45) is 2.03. The molecule has 0 atom stereocenters. The van der Waals surface area contributed by atoms with Crippen LogP contribution in [-0.4, -0.2) is 43.1 Å². The van der Waals surface area contributed by atoms with Gasteiger partial charge in [-0.25, -0.2) is 0 Å². The van der Waals surface area contributed by atoms with Gasteiger partial charge in [0.2, 0.25) is 0 Å². The Morgan fingerprint density at radius 1 is 1.15 bits per heavy atom. The Hall–Kier alpha value is -1.95. The predicted molar refractivity (Wildman–Crippen MR) is 110 cm³/mol. The number of benzene rings is 2. The molecule has 3 N–H and O–H groups in total. The predicted octanol–water partition coefficient (Wildman–Crippen LogP) is 3.85. The molecule has 0 bridgehead atoms. The van der Waals surface area contributed by atoms with Crippen molar-refractivity contribution in [2.75, 3.05) is 31.9 Å².